The van der Waals surface area contributed by atoms with Gasteiger partial charge in [0.1, 0.15) is 0 Å². The van der Waals surface area contributed by atoms with Crippen LogP contribution in [0.4, 0.5) is 0 Å². The highest BCUT2D eigenvalue weighted by Crippen LogP contribution is 2.32. The Morgan fingerprint density at radius 3 is 0.375 bits per heavy atom. The van der Waals surface area contributed by atoms with Gasteiger partial charge in [0.25, 0.3) is 0 Å². The molecule has 0 N–H and O–H groups in total. The summed E-state index contributed by atoms with van der Waals surface area (Å²) in [6.45, 7) is 0. The molecule has 4 aromatic rings. The lowest BCUT2D eigenvalue weighted by atomic mass is 10.4. The number of hydrogen-bond acceptors (Lipinski definition) is 8. The fourth-order valence-corrected chi connectivity index (χ4v) is 8.62. The van der Waals surface area contributed by atoms with Gasteiger partial charge in [0.2, 0.25) is 0 Å². The predicted molar refractivity (Wildman–Crippen MR) is 189 cm³/mol. The Kier molecular flexibility index (Phi) is 12.7. The fourth-order valence-electron chi connectivity index (χ4n) is 3.24. The van der Waals surface area contributed by atoms with E-state index in [-0.39, 0.29) is 0 Å². The molecule has 11 rings (SSSR count). The highest BCUT2D eigenvalue weighted by atomic mass is 32.2. The summed E-state index contributed by atoms with van der Waals surface area (Å²) in [5.41, 5.74) is 0. The van der Waals surface area contributed by atoms with Crippen LogP contribution in [0.25, 0.3) is 0 Å². The first-order chi connectivity index (χ1) is 19.8. The molecule has 0 radical (unpaired) electrons. The standard InChI is InChI=1S/C32H24S8/c1-2-26-4-3-25(1)33-17-18-35-27-5-7-29(8-6-27)37-21-22-39-31-13-15-32(16-14-31)40-24-23-38-30-11-9-28(10-12-30)36-20-19-34-26/h1-24H. The van der Waals surface area contributed by atoms with Crippen molar-refractivity contribution in [3.8, 4) is 0 Å². The number of benzene rings is 4. The van der Waals surface area contributed by atoms with Gasteiger partial charge < -0.3 is 0 Å². The molecule has 0 nitrogen and oxygen atoms in total. The summed E-state index contributed by atoms with van der Waals surface area (Å²) in [6.07, 6.45) is 0. The molecule has 7 heterocycles. The van der Waals surface area contributed by atoms with Gasteiger partial charge in [-0.15, -0.1) is 0 Å². The van der Waals surface area contributed by atoms with E-state index >= 15 is 0 Å². The van der Waals surface area contributed by atoms with E-state index < -0.39 is 0 Å². The van der Waals surface area contributed by atoms with Crippen molar-refractivity contribution in [1.82, 2.24) is 0 Å². The second kappa shape index (κ2) is 16.9. The van der Waals surface area contributed by atoms with E-state index in [2.05, 4.69) is 140 Å². The van der Waals surface area contributed by atoms with Crippen LogP contribution in [0.2, 0.25) is 0 Å². The van der Waals surface area contributed by atoms with E-state index in [4.69, 9.17) is 0 Å². The van der Waals surface area contributed by atoms with Gasteiger partial charge in [-0.25, -0.2) is 0 Å². The van der Waals surface area contributed by atoms with Crippen molar-refractivity contribution in [2.24, 2.45) is 0 Å². The second-order valence-corrected chi connectivity index (χ2v) is 15.8. The molecule has 40 heavy (non-hydrogen) atoms. The molecule has 0 aromatic heterocycles. The van der Waals surface area contributed by atoms with Gasteiger partial charge in [-0.3, -0.25) is 0 Å². The molecule has 0 spiro atoms. The van der Waals surface area contributed by atoms with Gasteiger partial charge in [0, 0.05) is 39.2 Å². The van der Waals surface area contributed by atoms with E-state index in [0.717, 1.165) is 0 Å². The maximum Gasteiger partial charge on any atom is 0.0117 e. The van der Waals surface area contributed by atoms with Crippen LogP contribution in [-0.2, 0) is 0 Å². The molecular formula is C32H24S8. The summed E-state index contributed by atoms with van der Waals surface area (Å²) in [5.74, 6) is 0. The van der Waals surface area contributed by atoms with E-state index in [1.807, 2.05) is 0 Å². The van der Waals surface area contributed by atoms with Crippen LogP contribution in [-0.4, -0.2) is 0 Å². The van der Waals surface area contributed by atoms with Gasteiger partial charge in [-0.2, -0.15) is 0 Å². The second-order valence-electron chi connectivity index (χ2n) is 7.92. The van der Waals surface area contributed by atoms with Crippen LogP contribution in [0, 0.1) is 0 Å². The average Bonchev–Trinajstić information content (AvgIpc) is 3.00. The largest absolute Gasteiger partial charge is 0.0975 e. The molecular weight excluding hydrogens is 641 g/mol. The molecule has 0 saturated heterocycles. The van der Waals surface area contributed by atoms with Gasteiger partial charge in [-0.05, 0) is 140 Å². The highest BCUT2D eigenvalue weighted by molar-refractivity contribution is 8.07. The lowest BCUT2D eigenvalue weighted by Gasteiger charge is -2.02. The van der Waals surface area contributed by atoms with Crippen LogP contribution in [0.5, 0.6) is 0 Å². The highest BCUT2D eigenvalue weighted by Gasteiger charge is 1.98. The zero-order valence-electron chi connectivity index (χ0n) is 21.1. The van der Waals surface area contributed by atoms with Crippen molar-refractivity contribution in [2.45, 2.75) is 39.2 Å². The molecule has 7 aliphatic heterocycles. The van der Waals surface area contributed by atoms with Crippen molar-refractivity contribution in [1.29, 1.82) is 0 Å². The Hall–Kier alpha value is -1.36. The first-order valence-corrected chi connectivity index (χ1v) is 19.2. The summed E-state index contributed by atoms with van der Waals surface area (Å²) in [5, 5.41) is 17.2. The monoisotopic (exact) mass is 664 g/mol. The average molecular weight is 665 g/mol. The first kappa shape index (κ1) is 30.1. The van der Waals surface area contributed by atoms with E-state index in [1.54, 1.807) is 94.1 Å². The Morgan fingerprint density at radius 1 is 0.175 bits per heavy atom. The minimum atomic E-state index is 1.24. The quantitative estimate of drug-likeness (QED) is 0.180. The minimum Gasteiger partial charge on any atom is -0.0975 e. The Labute approximate surface area is 271 Å². The van der Waals surface area contributed by atoms with Crippen molar-refractivity contribution in [3.05, 3.63) is 140 Å². The van der Waals surface area contributed by atoms with Crippen LogP contribution >= 0.6 is 94.1 Å². The van der Waals surface area contributed by atoms with E-state index in [9.17, 15) is 0 Å². The fraction of sp³-hybridized carbons (Fsp3) is 0. The van der Waals surface area contributed by atoms with Crippen molar-refractivity contribution in [3.63, 3.8) is 0 Å². The molecule has 0 atom stereocenters. The summed E-state index contributed by atoms with van der Waals surface area (Å²) < 4.78 is 0. The molecule has 0 aliphatic carbocycles. The lowest BCUT2D eigenvalue weighted by molar-refractivity contribution is 1.36. The Balaban J connectivity index is 1.24. The smallest absolute Gasteiger partial charge is 0.0117 e. The summed E-state index contributed by atoms with van der Waals surface area (Å²) in [4.78, 5) is 9.92. The zero-order valence-corrected chi connectivity index (χ0v) is 27.7. The third-order valence-electron chi connectivity index (χ3n) is 5.15. The third-order valence-corrected chi connectivity index (χ3v) is 12.4. The minimum absolute atomic E-state index is 1.24. The van der Waals surface area contributed by atoms with Gasteiger partial charge in [0.05, 0.1) is 0 Å². The predicted octanol–water partition coefficient (Wildman–Crippen LogP) is 13.4. The molecule has 8 heteroatoms. The maximum absolute atomic E-state index is 2.18. The molecule has 0 saturated carbocycles. The maximum atomic E-state index is 2.18. The van der Waals surface area contributed by atoms with Crippen molar-refractivity contribution < 1.29 is 0 Å². The third kappa shape index (κ3) is 10.5. The van der Waals surface area contributed by atoms with E-state index in [1.165, 1.54) is 39.2 Å². The van der Waals surface area contributed by atoms with Crippen LogP contribution in [0.15, 0.2) is 179 Å². The zero-order chi connectivity index (χ0) is 27.2. The number of thioether (sulfide) groups is 8. The van der Waals surface area contributed by atoms with Gasteiger partial charge in [0.15, 0.2) is 0 Å². The van der Waals surface area contributed by atoms with Crippen LogP contribution < -0.4 is 0 Å². The van der Waals surface area contributed by atoms with Crippen LogP contribution in [0.1, 0.15) is 0 Å². The summed E-state index contributed by atoms with van der Waals surface area (Å²) in [7, 11) is 0. The Morgan fingerprint density at radius 2 is 0.275 bits per heavy atom. The Bertz CT molecular complexity index is 1120. The number of hydrogen-bond donors (Lipinski definition) is 0. The number of rotatable bonds is 0. The van der Waals surface area contributed by atoms with Gasteiger partial charge >= 0.3 is 0 Å². The molecule has 0 unspecified atom stereocenters. The molecule has 8 bridgehead atoms. The van der Waals surface area contributed by atoms with Crippen molar-refractivity contribution in [2.75, 3.05) is 0 Å². The molecule has 0 amide bonds. The molecule has 0 fully saturated rings. The van der Waals surface area contributed by atoms with Gasteiger partial charge in [-0.1, -0.05) is 94.1 Å². The SMILES string of the molecule is C1=CSc2ccc(cc2)SC=CSc2ccc(cc2)SC=CSc2ccc(cc2)SC=CSc2ccc(cc2)S1. The molecule has 200 valence electrons. The summed E-state index contributed by atoms with van der Waals surface area (Å²) in [6, 6.07) is 34.9. The molecule has 4 aromatic carbocycles. The normalized spacial score (nSPS) is 14.8. The van der Waals surface area contributed by atoms with Crippen molar-refractivity contribution >= 4 is 94.1 Å². The summed E-state index contributed by atoms with van der Waals surface area (Å²) >= 11 is 13.9. The lowest BCUT2D eigenvalue weighted by Crippen LogP contribution is -1.72. The molecule has 7 aliphatic rings. The van der Waals surface area contributed by atoms with Crippen LogP contribution in [0.3, 0.4) is 0 Å². The first-order valence-electron chi connectivity index (χ1n) is 12.1. The van der Waals surface area contributed by atoms with E-state index in [0.29, 0.717) is 0 Å². The topological polar surface area (TPSA) is 0 Å².